The van der Waals surface area contributed by atoms with Gasteiger partial charge in [0, 0.05) is 43.3 Å². The third kappa shape index (κ3) is 3.43. The number of halogens is 1. The minimum Gasteiger partial charge on any atom is -0.423 e. The van der Waals surface area contributed by atoms with Crippen LogP contribution in [0.2, 0.25) is 0 Å². The van der Waals surface area contributed by atoms with Gasteiger partial charge in [-0.2, -0.15) is 9.97 Å². The molecule has 3 aromatic heterocycles. The van der Waals surface area contributed by atoms with Gasteiger partial charge in [0.05, 0.1) is 22.8 Å². The zero-order chi connectivity index (χ0) is 22.7. The number of aryl methyl sites for hydroxylation is 1. The highest BCUT2D eigenvalue weighted by atomic mass is 19.1. The summed E-state index contributed by atoms with van der Waals surface area (Å²) in [4.78, 5) is 19.4. The molecule has 0 saturated carbocycles. The molecule has 2 aliphatic heterocycles. The molecule has 2 fully saturated rings. The highest BCUT2D eigenvalue weighted by Gasteiger charge is 2.40. The number of aromatic nitrogens is 4. The second kappa shape index (κ2) is 7.55. The first-order chi connectivity index (χ1) is 16.0. The van der Waals surface area contributed by atoms with E-state index < -0.39 is 0 Å². The number of rotatable bonds is 4. The van der Waals surface area contributed by atoms with E-state index in [1.54, 1.807) is 19.3 Å². The lowest BCUT2D eigenvalue weighted by molar-refractivity contribution is 0.441. The quantitative estimate of drug-likeness (QED) is 0.436. The smallest absolute Gasteiger partial charge is 0.326 e. The Morgan fingerprint density at radius 1 is 1.21 bits per heavy atom. The van der Waals surface area contributed by atoms with Gasteiger partial charge in [0.2, 0.25) is 0 Å². The third-order valence-corrected chi connectivity index (χ3v) is 6.74. The summed E-state index contributed by atoms with van der Waals surface area (Å²) >= 11 is 0. The van der Waals surface area contributed by atoms with E-state index in [2.05, 4.69) is 37.4 Å². The minimum absolute atomic E-state index is 0.236. The first-order valence-electron chi connectivity index (χ1n) is 11.3. The van der Waals surface area contributed by atoms with E-state index >= 15 is 0 Å². The van der Waals surface area contributed by atoms with Crippen molar-refractivity contribution in [1.29, 1.82) is 0 Å². The van der Waals surface area contributed by atoms with Crippen LogP contribution in [-0.4, -0.2) is 52.2 Å². The van der Waals surface area contributed by atoms with E-state index in [-0.39, 0.29) is 11.8 Å². The van der Waals surface area contributed by atoms with Crippen LogP contribution in [0.25, 0.3) is 21.9 Å². The number of fused-ring (bicyclic) bond motifs is 4. The largest absolute Gasteiger partial charge is 0.423 e. The topological polar surface area (TPSA) is 91.0 Å². The SMILES string of the molecule is CNc1cc(F)cc2c1[nH]c1nc(Oc3ccc(C)nc3)nc(N3CC4CC(C)NC4C3)c12. The van der Waals surface area contributed by atoms with Gasteiger partial charge in [0.15, 0.2) is 0 Å². The number of H-pyrrole nitrogens is 1. The maximum atomic E-state index is 14.5. The fraction of sp³-hybridized carbons (Fsp3) is 0.375. The molecule has 2 aliphatic rings. The molecule has 5 heterocycles. The van der Waals surface area contributed by atoms with Crippen molar-refractivity contribution in [2.24, 2.45) is 5.92 Å². The van der Waals surface area contributed by atoms with E-state index in [0.29, 0.717) is 35.1 Å². The summed E-state index contributed by atoms with van der Waals surface area (Å²) in [7, 11) is 1.78. The lowest BCUT2D eigenvalue weighted by Gasteiger charge is -2.21. The molecule has 33 heavy (non-hydrogen) atoms. The highest BCUT2D eigenvalue weighted by molar-refractivity contribution is 6.14. The van der Waals surface area contributed by atoms with E-state index in [9.17, 15) is 4.39 Å². The van der Waals surface area contributed by atoms with Crippen LogP contribution >= 0.6 is 0 Å². The molecule has 0 aliphatic carbocycles. The van der Waals surface area contributed by atoms with Crippen molar-refractivity contribution in [3.05, 3.63) is 42.0 Å². The number of pyridine rings is 1. The maximum absolute atomic E-state index is 14.5. The summed E-state index contributed by atoms with van der Waals surface area (Å²) in [5, 5.41) is 8.32. The standard InChI is InChI=1S/C24H26FN7O/c1-12-4-5-16(9-27-12)33-24-30-22-20(17-7-15(25)8-18(26-3)21(17)29-22)23(31-24)32-10-14-6-13(2)28-19(14)11-32/h4-5,7-9,13-14,19,26,28H,6,10-11H2,1-3H3,(H,29,30,31). The molecule has 0 spiro atoms. The Balaban J connectivity index is 1.51. The van der Waals surface area contributed by atoms with Crippen molar-refractivity contribution in [2.75, 3.05) is 30.4 Å². The Kier molecular flexibility index (Phi) is 4.62. The van der Waals surface area contributed by atoms with Crippen molar-refractivity contribution in [1.82, 2.24) is 25.3 Å². The first kappa shape index (κ1) is 20.2. The Labute approximate surface area is 190 Å². The number of benzene rings is 1. The van der Waals surface area contributed by atoms with Gasteiger partial charge in [0.1, 0.15) is 23.0 Å². The molecule has 0 bridgehead atoms. The Morgan fingerprint density at radius 3 is 2.85 bits per heavy atom. The van der Waals surface area contributed by atoms with E-state index in [4.69, 9.17) is 9.72 Å². The summed E-state index contributed by atoms with van der Waals surface area (Å²) in [6, 6.07) is 7.94. The van der Waals surface area contributed by atoms with Crippen LogP contribution < -0.4 is 20.3 Å². The zero-order valence-electron chi connectivity index (χ0n) is 18.8. The average Bonchev–Trinajstić information content (AvgIpc) is 3.45. The van der Waals surface area contributed by atoms with Crippen LogP contribution in [0.15, 0.2) is 30.5 Å². The lowest BCUT2D eigenvalue weighted by Crippen LogP contribution is -2.34. The summed E-state index contributed by atoms with van der Waals surface area (Å²) in [6.07, 6.45) is 2.80. The van der Waals surface area contributed by atoms with Gasteiger partial charge in [-0.1, -0.05) is 0 Å². The Bertz CT molecular complexity index is 1340. The van der Waals surface area contributed by atoms with Gasteiger partial charge in [-0.3, -0.25) is 4.98 Å². The fourth-order valence-electron chi connectivity index (χ4n) is 5.28. The van der Waals surface area contributed by atoms with Gasteiger partial charge in [-0.15, -0.1) is 0 Å². The van der Waals surface area contributed by atoms with E-state index in [1.807, 2.05) is 19.1 Å². The number of anilines is 2. The fourth-order valence-corrected chi connectivity index (χ4v) is 5.28. The molecule has 8 nitrogen and oxygen atoms in total. The number of nitrogens with one attached hydrogen (secondary N) is 3. The van der Waals surface area contributed by atoms with Crippen molar-refractivity contribution in [2.45, 2.75) is 32.4 Å². The van der Waals surface area contributed by atoms with Crippen LogP contribution in [0.3, 0.4) is 0 Å². The summed E-state index contributed by atoms with van der Waals surface area (Å²) in [5.41, 5.74) is 2.99. The minimum atomic E-state index is -0.307. The molecule has 6 rings (SSSR count). The monoisotopic (exact) mass is 447 g/mol. The molecule has 0 amide bonds. The first-order valence-corrected chi connectivity index (χ1v) is 11.3. The molecule has 3 atom stereocenters. The van der Waals surface area contributed by atoms with Gasteiger partial charge < -0.3 is 25.3 Å². The van der Waals surface area contributed by atoms with Crippen LogP contribution in [0.5, 0.6) is 11.8 Å². The summed E-state index contributed by atoms with van der Waals surface area (Å²) in [6.45, 7) is 5.88. The molecule has 9 heteroatoms. The third-order valence-electron chi connectivity index (χ3n) is 6.74. The number of ether oxygens (including phenoxy) is 1. The van der Waals surface area contributed by atoms with Crippen LogP contribution in [0, 0.1) is 18.7 Å². The maximum Gasteiger partial charge on any atom is 0.326 e. The predicted octanol–water partition coefficient (Wildman–Crippen LogP) is 3.97. The number of hydrogen-bond donors (Lipinski definition) is 3. The number of nitrogens with zero attached hydrogens (tertiary/aromatic N) is 4. The van der Waals surface area contributed by atoms with Crippen molar-refractivity contribution in [3.63, 3.8) is 0 Å². The van der Waals surface area contributed by atoms with Crippen LogP contribution in [-0.2, 0) is 0 Å². The molecule has 2 saturated heterocycles. The van der Waals surface area contributed by atoms with E-state index in [1.165, 1.54) is 6.07 Å². The predicted molar refractivity (Wildman–Crippen MR) is 127 cm³/mol. The summed E-state index contributed by atoms with van der Waals surface area (Å²) in [5.74, 6) is 1.58. The van der Waals surface area contributed by atoms with Crippen LogP contribution in [0.1, 0.15) is 19.0 Å². The normalized spacial score (nSPS) is 22.3. The van der Waals surface area contributed by atoms with Crippen molar-refractivity contribution >= 4 is 33.4 Å². The molecule has 170 valence electrons. The molecule has 4 aromatic rings. The molecule has 3 N–H and O–H groups in total. The van der Waals surface area contributed by atoms with Crippen molar-refractivity contribution < 1.29 is 9.13 Å². The molecule has 3 unspecified atom stereocenters. The number of aromatic amines is 1. The van der Waals surface area contributed by atoms with Gasteiger partial charge in [0.25, 0.3) is 0 Å². The second-order valence-corrected chi connectivity index (χ2v) is 9.12. The molecular formula is C24H26FN7O. The van der Waals surface area contributed by atoms with E-state index in [0.717, 1.165) is 47.3 Å². The highest BCUT2D eigenvalue weighted by Crippen LogP contribution is 2.40. The summed E-state index contributed by atoms with van der Waals surface area (Å²) < 4.78 is 20.5. The number of hydrogen-bond acceptors (Lipinski definition) is 7. The molecule has 1 aromatic carbocycles. The molecule has 0 radical (unpaired) electrons. The van der Waals surface area contributed by atoms with Gasteiger partial charge in [-0.05, 0) is 50.5 Å². The second-order valence-electron chi connectivity index (χ2n) is 9.12. The average molecular weight is 448 g/mol. The lowest BCUT2D eigenvalue weighted by atomic mass is 10.0. The van der Waals surface area contributed by atoms with Gasteiger partial charge >= 0.3 is 6.01 Å². The Hall–Kier alpha value is -3.46. The Morgan fingerprint density at radius 2 is 2.09 bits per heavy atom. The van der Waals surface area contributed by atoms with Gasteiger partial charge in [-0.25, -0.2) is 4.39 Å². The molecular weight excluding hydrogens is 421 g/mol. The zero-order valence-corrected chi connectivity index (χ0v) is 18.8. The van der Waals surface area contributed by atoms with Crippen LogP contribution in [0.4, 0.5) is 15.9 Å². The van der Waals surface area contributed by atoms with Crippen molar-refractivity contribution in [3.8, 4) is 11.8 Å².